The summed E-state index contributed by atoms with van der Waals surface area (Å²) in [6.07, 6.45) is 2.06. The minimum atomic E-state index is -1.39. The summed E-state index contributed by atoms with van der Waals surface area (Å²) >= 11 is 0. The van der Waals surface area contributed by atoms with Crippen LogP contribution in [-0.4, -0.2) is 137 Å². The minimum absolute atomic E-state index is 0.0202. The fraction of sp³-hybridized carbons (Fsp3) is 0.462. The molecule has 0 radical (unpaired) electrons. The number of nitro groups is 1. The SMILES string of the molecule is COc1cc(C(=O)N2CCC[C@H]2CO)c(NC(=O)O)cc1OCCCOc1cc(NC(=O)OC[C@@H](C)SSc2ncccc2[N+](=O)[O-])c(C(=O)N2CCC[C@H]2CO)cc1OC. The normalized spacial score (nSPS) is 16.4. The molecule has 3 aromatic rings. The third-order valence-electron chi connectivity index (χ3n) is 9.74. The van der Waals surface area contributed by atoms with Crippen LogP contribution in [0.5, 0.6) is 23.0 Å². The Morgan fingerprint density at radius 1 is 0.885 bits per heavy atom. The Balaban J connectivity index is 1.26. The van der Waals surface area contributed by atoms with E-state index in [9.17, 15) is 44.6 Å². The maximum absolute atomic E-state index is 13.9. The van der Waals surface area contributed by atoms with E-state index in [2.05, 4.69) is 15.6 Å². The second kappa shape index (κ2) is 22.2. The molecule has 1 aromatic heterocycles. The van der Waals surface area contributed by atoms with Crippen LogP contribution in [0.25, 0.3) is 0 Å². The zero-order chi connectivity index (χ0) is 44.1. The summed E-state index contributed by atoms with van der Waals surface area (Å²) in [5.74, 6) is -0.231. The van der Waals surface area contributed by atoms with Gasteiger partial charge in [-0.1, -0.05) is 10.8 Å². The number of aromatic nitrogens is 1. The maximum atomic E-state index is 13.9. The topological polar surface area (TPSA) is 262 Å². The molecule has 5 rings (SSSR count). The molecule has 330 valence electrons. The lowest BCUT2D eigenvalue weighted by atomic mass is 10.1. The smallest absolute Gasteiger partial charge is 0.411 e. The van der Waals surface area contributed by atoms with Gasteiger partial charge in [-0.2, -0.15) is 0 Å². The first-order valence-electron chi connectivity index (χ1n) is 19.3. The number of ether oxygens (including phenoxy) is 5. The van der Waals surface area contributed by atoms with Crippen molar-refractivity contribution in [3.05, 3.63) is 63.8 Å². The molecule has 0 aliphatic carbocycles. The summed E-state index contributed by atoms with van der Waals surface area (Å²) in [7, 11) is 5.07. The van der Waals surface area contributed by atoms with E-state index in [1.807, 2.05) is 0 Å². The van der Waals surface area contributed by atoms with Crippen LogP contribution >= 0.6 is 21.6 Å². The fourth-order valence-electron chi connectivity index (χ4n) is 6.74. The van der Waals surface area contributed by atoms with Crippen LogP contribution in [0.2, 0.25) is 0 Å². The number of likely N-dealkylation sites (tertiary alicyclic amines) is 2. The molecule has 0 spiro atoms. The lowest BCUT2D eigenvalue weighted by molar-refractivity contribution is -0.388. The van der Waals surface area contributed by atoms with Crippen LogP contribution in [0, 0.1) is 10.1 Å². The molecule has 2 aliphatic rings. The number of aliphatic hydroxyl groups excluding tert-OH is 2. The van der Waals surface area contributed by atoms with Gasteiger partial charge < -0.3 is 48.8 Å². The minimum Gasteiger partial charge on any atom is -0.493 e. The number of nitrogens with one attached hydrogen (secondary N) is 2. The number of carboxylic acid groups (broad SMARTS) is 1. The van der Waals surface area contributed by atoms with Crippen LogP contribution in [0.15, 0.2) is 47.6 Å². The molecule has 61 heavy (non-hydrogen) atoms. The second-order valence-corrected chi connectivity index (χ2v) is 16.5. The van der Waals surface area contributed by atoms with E-state index < -0.39 is 35.0 Å². The number of benzene rings is 2. The van der Waals surface area contributed by atoms with Gasteiger partial charge in [-0.15, -0.1) is 0 Å². The van der Waals surface area contributed by atoms with Gasteiger partial charge in [0, 0.05) is 49.2 Å². The summed E-state index contributed by atoms with van der Waals surface area (Å²) in [5, 5.41) is 45.3. The van der Waals surface area contributed by atoms with Crippen molar-refractivity contribution in [2.75, 3.05) is 71.0 Å². The molecule has 2 fully saturated rings. The molecule has 2 saturated heterocycles. The molecule has 3 atom stereocenters. The number of anilines is 2. The van der Waals surface area contributed by atoms with Crippen molar-refractivity contribution in [1.29, 1.82) is 0 Å². The summed E-state index contributed by atoms with van der Waals surface area (Å²) in [5.41, 5.74) is 0.00103. The Morgan fingerprint density at radius 2 is 1.43 bits per heavy atom. The van der Waals surface area contributed by atoms with Gasteiger partial charge in [-0.3, -0.25) is 30.3 Å². The predicted molar refractivity (Wildman–Crippen MR) is 224 cm³/mol. The summed E-state index contributed by atoms with van der Waals surface area (Å²) < 4.78 is 28.5. The highest BCUT2D eigenvalue weighted by molar-refractivity contribution is 8.77. The third-order valence-corrected chi connectivity index (χ3v) is 12.5. The number of carbonyl (C=O) groups is 4. The quantitative estimate of drug-likeness (QED) is 0.0405. The zero-order valence-corrected chi connectivity index (χ0v) is 35.3. The molecule has 22 heteroatoms. The number of hydrogen-bond donors (Lipinski definition) is 5. The molecular weight excluding hydrogens is 841 g/mol. The first kappa shape index (κ1) is 46.4. The Hall–Kier alpha value is -5.71. The van der Waals surface area contributed by atoms with Crippen LogP contribution in [0.1, 0.15) is 59.7 Å². The molecule has 0 bridgehead atoms. The Kier molecular flexibility index (Phi) is 16.9. The van der Waals surface area contributed by atoms with Crippen LogP contribution in [0.4, 0.5) is 26.7 Å². The summed E-state index contributed by atoms with van der Waals surface area (Å²) in [6, 6.07) is 7.62. The van der Waals surface area contributed by atoms with E-state index in [0.717, 1.165) is 10.8 Å². The first-order valence-corrected chi connectivity index (χ1v) is 21.5. The number of carbonyl (C=O) groups excluding carboxylic acids is 3. The van der Waals surface area contributed by atoms with Gasteiger partial charge in [-0.05, 0) is 61.6 Å². The zero-order valence-electron chi connectivity index (χ0n) is 33.7. The van der Waals surface area contributed by atoms with Gasteiger partial charge in [0.05, 0.1) is 80.2 Å². The maximum Gasteiger partial charge on any atom is 0.411 e. The Morgan fingerprint density at radius 3 is 1.92 bits per heavy atom. The average molecular weight is 889 g/mol. The number of nitrogens with zero attached hydrogens (tertiary/aromatic N) is 4. The summed E-state index contributed by atoms with van der Waals surface area (Å²) in [6.45, 7) is 2.12. The van der Waals surface area contributed by atoms with Crippen molar-refractivity contribution in [3.8, 4) is 23.0 Å². The van der Waals surface area contributed by atoms with Gasteiger partial charge in [0.2, 0.25) is 0 Å². The largest absolute Gasteiger partial charge is 0.493 e. The fourth-order valence-corrected chi connectivity index (χ4v) is 8.77. The van der Waals surface area contributed by atoms with Crippen molar-refractivity contribution in [2.24, 2.45) is 0 Å². The molecule has 4 amide bonds. The second-order valence-electron chi connectivity index (χ2n) is 13.8. The van der Waals surface area contributed by atoms with Crippen molar-refractivity contribution < 1.29 is 63.1 Å². The number of aliphatic hydroxyl groups is 2. The van der Waals surface area contributed by atoms with E-state index in [0.29, 0.717) is 38.8 Å². The molecular formula is C39H48N6O14S2. The van der Waals surface area contributed by atoms with E-state index in [1.165, 1.54) is 77.4 Å². The Bertz CT molecular complexity index is 2060. The van der Waals surface area contributed by atoms with E-state index in [4.69, 9.17) is 23.7 Å². The van der Waals surface area contributed by atoms with Crippen LogP contribution in [0.3, 0.4) is 0 Å². The lowest BCUT2D eigenvalue weighted by Gasteiger charge is -2.25. The number of pyridine rings is 1. The van der Waals surface area contributed by atoms with Crippen molar-refractivity contribution in [3.63, 3.8) is 0 Å². The van der Waals surface area contributed by atoms with Crippen LogP contribution < -0.4 is 29.6 Å². The Labute approximate surface area is 358 Å². The molecule has 2 aliphatic heterocycles. The molecule has 0 unspecified atom stereocenters. The molecule has 3 heterocycles. The monoisotopic (exact) mass is 888 g/mol. The summed E-state index contributed by atoms with van der Waals surface area (Å²) in [4.78, 5) is 70.1. The van der Waals surface area contributed by atoms with Gasteiger partial charge in [-0.25, -0.2) is 14.6 Å². The molecule has 20 nitrogen and oxygen atoms in total. The number of methoxy groups -OCH3 is 2. The molecule has 0 saturated carbocycles. The van der Waals surface area contributed by atoms with E-state index >= 15 is 0 Å². The van der Waals surface area contributed by atoms with Crippen molar-refractivity contribution in [2.45, 2.75) is 61.4 Å². The van der Waals surface area contributed by atoms with E-state index in [-0.39, 0.29) is 107 Å². The highest BCUT2D eigenvalue weighted by atomic mass is 33.1. The van der Waals surface area contributed by atoms with Gasteiger partial charge in [0.1, 0.15) is 6.61 Å². The molecule has 5 N–H and O–H groups in total. The first-order chi connectivity index (χ1) is 29.4. The average Bonchev–Trinajstić information content (AvgIpc) is 3.94. The number of amides is 4. The number of rotatable bonds is 20. The van der Waals surface area contributed by atoms with Crippen molar-refractivity contribution >= 4 is 62.7 Å². The third kappa shape index (κ3) is 12.0. The predicted octanol–water partition coefficient (Wildman–Crippen LogP) is 5.52. The standard InChI is InChI=1S/C39H48N6O14S2/c1-23(60-61-35-30(45(53)54)10-4-11-40-35)22-59-39(52)42-29-19-34(32(56-3)17-27(29)37(49)44-13-6-9-25(44)21-47)58-15-7-14-57-33-18-28(41-38(50)51)26(16-31(33)55-2)36(48)43-12-5-8-24(43)20-46/h4,10-11,16-19,23-25,41,46-47H,5-9,12-15,20-22H2,1-3H3,(H,42,52)(H,50,51)/t23-,24+,25+/m1/s1. The lowest BCUT2D eigenvalue weighted by Crippen LogP contribution is -2.38. The number of hydrogen-bond acceptors (Lipinski definition) is 16. The van der Waals surface area contributed by atoms with E-state index in [1.54, 1.807) is 6.92 Å². The van der Waals surface area contributed by atoms with Gasteiger partial charge in [0.25, 0.3) is 11.8 Å². The van der Waals surface area contributed by atoms with Crippen LogP contribution in [-0.2, 0) is 4.74 Å². The highest BCUT2D eigenvalue weighted by Crippen LogP contribution is 2.39. The van der Waals surface area contributed by atoms with Gasteiger partial charge >= 0.3 is 17.9 Å². The molecule has 2 aromatic carbocycles. The highest BCUT2D eigenvalue weighted by Gasteiger charge is 2.33. The van der Waals surface area contributed by atoms with Crippen molar-refractivity contribution in [1.82, 2.24) is 14.8 Å². The van der Waals surface area contributed by atoms with Gasteiger partial charge in [0.15, 0.2) is 28.0 Å².